The number of hydrogen-bond donors (Lipinski definition) is 1. The van der Waals surface area contributed by atoms with Crippen LogP contribution in [-0.2, 0) is 10.2 Å². The molecule has 0 bridgehead atoms. The molecule has 3 nitrogen and oxygen atoms in total. The molecular formula is C19H22O3. The lowest BCUT2D eigenvalue weighted by molar-refractivity contribution is -0.131. The van der Waals surface area contributed by atoms with Gasteiger partial charge in [-0.2, -0.15) is 0 Å². The van der Waals surface area contributed by atoms with E-state index in [4.69, 9.17) is 9.84 Å². The van der Waals surface area contributed by atoms with Gasteiger partial charge in [0.2, 0.25) is 0 Å². The van der Waals surface area contributed by atoms with E-state index in [-0.39, 0.29) is 5.41 Å². The fourth-order valence-electron chi connectivity index (χ4n) is 2.45. The van der Waals surface area contributed by atoms with Crippen molar-refractivity contribution in [2.24, 2.45) is 0 Å². The fraction of sp³-hybridized carbons (Fsp3) is 0.316. The number of carbonyl (C=O) groups is 1. The molecule has 0 aliphatic carbocycles. The van der Waals surface area contributed by atoms with Gasteiger partial charge in [-0.05, 0) is 42.7 Å². The third-order valence-corrected chi connectivity index (χ3v) is 3.81. The Kier molecular flexibility index (Phi) is 4.55. The van der Waals surface area contributed by atoms with E-state index in [0.717, 1.165) is 16.9 Å². The van der Waals surface area contributed by atoms with Crippen molar-refractivity contribution in [3.8, 4) is 5.75 Å². The van der Waals surface area contributed by atoms with Gasteiger partial charge < -0.3 is 9.84 Å². The van der Waals surface area contributed by atoms with E-state index in [1.54, 1.807) is 13.0 Å². The van der Waals surface area contributed by atoms with Crippen molar-refractivity contribution >= 4 is 11.5 Å². The first-order valence-corrected chi connectivity index (χ1v) is 7.33. The highest BCUT2D eigenvalue weighted by atomic mass is 16.5. The summed E-state index contributed by atoms with van der Waals surface area (Å²) in [6.07, 6.45) is 6.84. The van der Waals surface area contributed by atoms with Gasteiger partial charge in [-0.3, -0.25) is 0 Å². The van der Waals surface area contributed by atoms with Crippen molar-refractivity contribution in [1.29, 1.82) is 0 Å². The van der Waals surface area contributed by atoms with Crippen LogP contribution >= 0.6 is 0 Å². The average molecular weight is 298 g/mol. The quantitative estimate of drug-likeness (QED) is 0.664. The third kappa shape index (κ3) is 3.67. The molecule has 0 unspecified atom stereocenters. The zero-order valence-electron chi connectivity index (χ0n) is 13.5. The summed E-state index contributed by atoms with van der Waals surface area (Å²) in [6, 6.07) is 6.26. The summed E-state index contributed by atoms with van der Waals surface area (Å²) in [5.74, 6) is 0.0426. The Morgan fingerprint density at radius 2 is 2.05 bits per heavy atom. The Morgan fingerprint density at radius 3 is 2.73 bits per heavy atom. The van der Waals surface area contributed by atoms with E-state index in [2.05, 4.69) is 26.0 Å². The van der Waals surface area contributed by atoms with Gasteiger partial charge in [0.05, 0.1) is 6.61 Å². The molecule has 1 N–H and O–H groups in total. The largest absolute Gasteiger partial charge is 0.492 e. The van der Waals surface area contributed by atoms with Gasteiger partial charge >= 0.3 is 5.97 Å². The highest BCUT2D eigenvalue weighted by molar-refractivity contribution is 5.81. The van der Waals surface area contributed by atoms with Crippen molar-refractivity contribution in [3.05, 3.63) is 59.2 Å². The molecule has 0 saturated heterocycles. The second kappa shape index (κ2) is 6.22. The normalized spacial score (nSPS) is 17.5. The van der Waals surface area contributed by atoms with Gasteiger partial charge in [0, 0.05) is 17.1 Å². The minimum absolute atomic E-state index is 0.0439. The molecule has 116 valence electrons. The van der Waals surface area contributed by atoms with Crippen LogP contribution in [-0.4, -0.2) is 17.7 Å². The molecule has 1 heterocycles. The summed E-state index contributed by atoms with van der Waals surface area (Å²) in [7, 11) is 0. The number of carboxylic acid groups (broad SMARTS) is 1. The second-order valence-corrected chi connectivity index (χ2v) is 6.32. The number of aliphatic carboxylic acids is 1. The topological polar surface area (TPSA) is 46.5 Å². The van der Waals surface area contributed by atoms with Crippen molar-refractivity contribution in [3.63, 3.8) is 0 Å². The minimum atomic E-state index is -0.927. The minimum Gasteiger partial charge on any atom is -0.492 e. The summed E-state index contributed by atoms with van der Waals surface area (Å²) < 4.78 is 5.70. The number of benzene rings is 1. The van der Waals surface area contributed by atoms with E-state index in [0.29, 0.717) is 12.2 Å². The first-order valence-electron chi connectivity index (χ1n) is 7.33. The van der Waals surface area contributed by atoms with Crippen LogP contribution in [0.25, 0.3) is 5.57 Å². The standard InChI is InChI=1S/C19H22O3/c1-13(10-18(20)21)6-5-7-14(2)15-8-9-17-16(11-15)19(3,4)12-22-17/h5-11H,12H2,1-4H3,(H,20,21)/b6-5+,13-10+,14-7+. The second-order valence-electron chi connectivity index (χ2n) is 6.32. The lowest BCUT2D eigenvalue weighted by Crippen LogP contribution is -2.18. The first kappa shape index (κ1) is 16.1. The monoisotopic (exact) mass is 298 g/mol. The van der Waals surface area contributed by atoms with Crippen LogP contribution in [0.4, 0.5) is 0 Å². The summed E-state index contributed by atoms with van der Waals surface area (Å²) in [5, 5.41) is 8.67. The zero-order valence-corrected chi connectivity index (χ0v) is 13.5. The highest BCUT2D eigenvalue weighted by Crippen LogP contribution is 2.39. The Bertz CT molecular complexity index is 676. The number of fused-ring (bicyclic) bond motifs is 1. The molecular weight excluding hydrogens is 276 g/mol. The van der Waals surface area contributed by atoms with E-state index >= 15 is 0 Å². The molecule has 0 radical (unpaired) electrons. The summed E-state index contributed by atoms with van der Waals surface area (Å²) in [6.45, 7) is 8.89. The maximum Gasteiger partial charge on any atom is 0.328 e. The van der Waals surface area contributed by atoms with Gasteiger partial charge in [0.25, 0.3) is 0 Å². The molecule has 3 heteroatoms. The number of allylic oxidation sites excluding steroid dienone is 5. The van der Waals surface area contributed by atoms with Gasteiger partial charge in [-0.1, -0.05) is 38.1 Å². The van der Waals surface area contributed by atoms with E-state index in [9.17, 15) is 4.79 Å². The average Bonchev–Trinajstić information content (AvgIpc) is 2.73. The van der Waals surface area contributed by atoms with Crippen LogP contribution in [0.2, 0.25) is 0 Å². The molecule has 22 heavy (non-hydrogen) atoms. The highest BCUT2D eigenvalue weighted by Gasteiger charge is 2.31. The summed E-state index contributed by atoms with van der Waals surface area (Å²) in [4.78, 5) is 10.6. The smallest absolute Gasteiger partial charge is 0.328 e. The summed E-state index contributed by atoms with van der Waals surface area (Å²) >= 11 is 0. The van der Waals surface area contributed by atoms with Gasteiger partial charge in [0.1, 0.15) is 5.75 Å². The molecule has 0 aromatic heterocycles. The van der Waals surface area contributed by atoms with E-state index < -0.39 is 5.97 Å². The Morgan fingerprint density at radius 1 is 1.32 bits per heavy atom. The van der Waals surface area contributed by atoms with Crippen molar-refractivity contribution in [2.75, 3.05) is 6.61 Å². The molecule has 0 fully saturated rings. The lowest BCUT2D eigenvalue weighted by atomic mass is 9.85. The summed E-state index contributed by atoms with van der Waals surface area (Å²) in [5.41, 5.74) is 4.28. The SMILES string of the molecule is CC(/C=C/C=C(\C)c1ccc2c(c1)C(C)(C)CO2)=C\C(=O)O. The van der Waals surface area contributed by atoms with Crippen LogP contribution < -0.4 is 4.74 Å². The molecule has 0 spiro atoms. The number of ether oxygens (including phenoxy) is 1. The van der Waals surface area contributed by atoms with E-state index in [1.807, 2.05) is 25.1 Å². The third-order valence-electron chi connectivity index (χ3n) is 3.81. The van der Waals surface area contributed by atoms with Crippen LogP contribution in [0.15, 0.2) is 48.1 Å². The van der Waals surface area contributed by atoms with Crippen molar-refractivity contribution in [1.82, 2.24) is 0 Å². The molecule has 2 rings (SSSR count). The molecule has 0 atom stereocenters. The predicted molar refractivity (Wildman–Crippen MR) is 89.1 cm³/mol. The van der Waals surface area contributed by atoms with Gasteiger partial charge in [-0.15, -0.1) is 0 Å². The van der Waals surface area contributed by atoms with Crippen LogP contribution in [0.1, 0.15) is 38.8 Å². The maximum absolute atomic E-state index is 10.6. The van der Waals surface area contributed by atoms with Gasteiger partial charge in [0.15, 0.2) is 0 Å². The molecule has 0 amide bonds. The van der Waals surface area contributed by atoms with Gasteiger partial charge in [-0.25, -0.2) is 4.79 Å². The van der Waals surface area contributed by atoms with Crippen molar-refractivity contribution in [2.45, 2.75) is 33.1 Å². The maximum atomic E-state index is 10.6. The number of rotatable bonds is 4. The number of carboxylic acids is 1. The van der Waals surface area contributed by atoms with Crippen molar-refractivity contribution < 1.29 is 14.6 Å². The van der Waals surface area contributed by atoms with Crippen LogP contribution in [0.3, 0.4) is 0 Å². The molecule has 1 aliphatic rings. The van der Waals surface area contributed by atoms with Crippen LogP contribution in [0, 0.1) is 0 Å². The lowest BCUT2D eigenvalue weighted by Gasteiger charge is -2.16. The first-order chi connectivity index (χ1) is 10.3. The Hall–Kier alpha value is -2.29. The predicted octanol–water partition coefficient (Wildman–Crippen LogP) is 4.35. The Balaban J connectivity index is 2.20. The fourth-order valence-corrected chi connectivity index (χ4v) is 2.45. The van der Waals surface area contributed by atoms with E-state index in [1.165, 1.54) is 11.6 Å². The van der Waals surface area contributed by atoms with Crippen LogP contribution in [0.5, 0.6) is 5.75 Å². The molecule has 0 saturated carbocycles. The molecule has 1 aromatic carbocycles. The molecule has 1 aliphatic heterocycles. The Labute approximate surface area is 131 Å². The molecule has 1 aromatic rings. The zero-order chi connectivity index (χ0) is 16.3. The number of hydrogen-bond acceptors (Lipinski definition) is 2.